The number of fused-ring (bicyclic) bond motifs is 3. The Hall–Kier alpha value is -3.94. The Kier molecular flexibility index (Phi) is 10.4. The van der Waals surface area contributed by atoms with Crippen LogP contribution in [0, 0.1) is 11.3 Å². The lowest BCUT2D eigenvalue weighted by Gasteiger charge is -2.30. The number of alkyl carbamates (subject to hydrolysis) is 1. The van der Waals surface area contributed by atoms with Crippen molar-refractivity contribution in [2.75, 3.05) is 13.2 Å². The highest BCUT2D eigenvalue weighted by atomic mass is 16.5. The van der Waals surface area contributed by atoms with E-state index in [1.165, 1.54) is 0 Å². The van der Waals surface area contributed by atoms with Crippen LogP contribution in [0.2, 0.25) is 0 Å². The average Bonchev–Trinajstić information content (AvgIpc) is 3.25. The minimum Gasteiger partial charge on any atom is -0.511 e. The van der Waals surface area contributed by atoms with Gasteiger partial charge in [0.25, 0.3) is 0 Å². The van der Waals surface area contributed by atoms with Gasteiger partial charge in [-0.1, -0.05) is 89.1 Å². The van der Waals surface area contributed by atoms with E-state index in [9.17, 15) is 24.6 Å². The summed E-state index contributed by atoms with van der Waals surface area (Å²) < 4.78 is 5.53. The molecule has 2 aliphatic rings. The first-order chi connectivity index (χ1) is 20.5. The number of benzene rings is 2. The normalized spacial score (nSPS) is 17.0. The van der Waals surface area contributed by atoms with Crippen molar-refractivity contribution in [3.05, 3.63) is 71.0 Å². The number of hydrogen-bond donors (Lipinski definition) is 3. The van der Waals surface area contributed by atoms with Crippen LogP contribution < -0.4 is 5.32 Å². The van der Waals surface area contributed by atoms with Crippen LogP contribution in [0.5, 0.6) is 0 Å². The standard InChI is InChI=1S/C35H44N2O6/c1-22(2)18-29(32-30(38)19-35(3,4)20-31(32)39)36-17-11-5-6-16-28(33(40)41)37-34(42)43-21-27-25-14-9-7-12-23(25)24-13-8-10-15-26(24)27/h7-10,12-15,22,27-28,38H,5-6,11,16-21H2,1-4H3,(H,37,42)(H,40,41)/t28-/m0/s1. The third-order valence-electron chi connectivity index (χ3n) is 8.13. The van der Waals surface area contributed by atoms with Crippen molar-refractivity contribution in [1.29, 1.82) is 0 Å². The van der Waals surface area contributed by atoms with Crippen LogP contribution in [0.4, 0.5) is 4.79 Å². The number of rotatable bonds is 13. The number of carboxylic acid groups (broad SMARTS) is 1. The summed E-state index contributed by atoms with van der Waals surface area (Å²) in [5.74, 6) is -0.856. The summed E-state index contributed by atoms with van der Waals surface area (Å²) in [4.78, 5) is 42.0. The smallest absolute Gasteiger partial charge is 0.407 e. The van der Waals surface area contributed by atoms with Crippen LogP contribution in [0.15, 0.2) is 64.9 Å². The molecule has 230 valence electrons. The molecular weight excluding hydrogens is 544 g/mol. The van der Waals surface area contributed by atoms with Gasteiger partial charge in [-0.3, -0.25) is 9.79 Å². The maximum Gasteiger partial charge on any atom is 0.407 e. The van der Waals surface area contributed by atoms with Crippen LogP contribution in [-0.4, -0.2) is 53.0 Å². The van der Waals surface area contributed by atoms with Gasteiger partial charge in [0.15, 0.2) is 5.78 Å². The van der Waals surface area contributed by atoms with Gasteiger partial charge >= 0.3 is 12.1 Å². The molecule has 2 aliphatic carbocycles. The molecule has 2 aromatic carbocycles. The maximum atomic E-state index is 12.8. The van der Waals surface area contributed by atoms with Gasteiger partial charge in [-0.2, -0.15) is 0 Å². The number of aliphatic hydroxyl groups excluding tert-OH is 1. The zero-order valence-electron chi connectivity index (χ0n) is 25.7. The van der Waals surface area contributed by atoms with Crippen LogP contribution in [-0.2, 0) is 14.3 Å². The number of aliphatic imine (C=N–C) groups is 1. The molecule has 3 N–H and O–H groups in total. The molecule has 0 radical (unpaired) electrons. The average molecular weight is 589 g/mol. The number of carbonyl (C=O) groups excluding carboxylic acids is 2. The van der Waals surface area contributed by atoms with Crippen LogP contribution >= 0.6 is 0 Å². The summed E-state index contributed by atoms with van der Waals surface area (Å²) in [6, 6.07) is 15.0. The molecule has 0 heterocycles. The second-order valence-corrected chi connectivity index (χ2v) is 12.9. The number of amides is 1. The van der Waals surface area contributed by atoms with Crippen LogP contribution in [0.25, 0.3) is 11.1 Å². The van der Waals surface area contributed by atoms with Crippen molar-refractivity contribution in [1.82, 2.24) is 5.32 Å². The predicted molar refractivity (Wildman–Crippen MR) is 168 cm³/mol. The fourth-order valence-corrected chi connectivity index (χ4v) is 6.14. The molecule has 0 spiro atoms. The lowest BCUT2D eigenvalue weighted by molar-refractivity contribution is -0.139. The molecule has 0 saturated heterocycles. The first kappa shape index (κ1) is 32.0. The Labute approximate surface area is 254 Å². The monoisotopic (exact) mass is 588 g/mol. The van der Waals surface area contributed by atoms with Gasteiger partial charge < -0.3 is 20.3 Å². The highest BCUT2D eigenvalue weighted by molar-refractivity contribution is 6.23. The molecule has 0 aromatic heterocycles. The van der Waals surface area contributed by atoms with Crippen molar-refractivity contribution in [3.63, 3.8) is 0 Å². The van der Waals surface area contributed by atoms with Crippen molar-refractivity contribution in [2.45, 2.75) is 84.6 Å². The molecule has 8 nitrogen and oxygen atoms in total. The van der Waals surface area contributed by atoms with Crippen molar-refractivity contribution < 1.29 is 29.3 Å². The lowest BCUT2D eigenvalue weighted by Crippen LogP contribution is -2.41. The number of Topliss-reactive ketones (excluding diaryl/α,β-unsaturated/α-hetero) is 1. The molecule has 0 unspecified atom stereocenters. The number of allylic oxidation sites excluding steroid dienone is 2. The first-order valence-electron chi connectivity index (χ1n) is 15.3. The number of nitrogens with one attached hydrogen (secondary N) is 1. The van der Waals surface area contributed by atoms with E-state index < -0.39 is 18.1 Å². The van der Waals surface area contributed by atoms with Gasteiger partial charge in [0.2, 0.25) is 0 Å². The van der Waals surface area contributed by atoms with Gasteiger partial charge in [-0.05, 0) is 52.8 Å². The number of aliphatic hydroxyl groups is 1. The zero-order valence-corrected chi connectivity index (χ0v) is 25.7. The highest BCUT2D eigenvalue weighted by Gasteiger charge is 2.35. The fraction of sp³-hybridized carbons (Fsp3) is 0.486. The van der Waals surface area contributed by atoms with Gasteiger partial charge in [-0.15, -0.1) is 0 Å². The molecule has 4 rings (SSSR count). The molecule has 1 atom stereocenters. The van der Waals surface area contributed by atoms with E-state index in [-0.39, 0.29) is 41.8 Å². The molecule has 43 heavy (non-hydrogen) atoms. The third-order valence-corrected chi connectivity index (χ3v) is 8.13. The summed E-state index contributed by atoms with van der Waals surface area (Å²) in [5.41, 5.74) is 5.21. The van der Waals surface area contributed by atoms with Gasteiger partial charge in [-0.25, -0.2) is 9.59 Å². The Morgan fingerprint density at radius 2 is 1.63 bits per heavy atom. The second kappa shape index (κ2) is 14.0. The zero-order chi connectivity index (χ0) is 31.1. The number of carbonyl (C=O) groups is 3. The van der Waals surface area contributed by atoms with Crippen molar-refractivity contribution in [2.24, 2.45) is 16.3 Å². The molecule has 0 aliphatic heterocycles. The molecular formula is C35H44N2O6. The Morgan fingerprint density at radius 3 is 2.21 bits per heavy atom. The van der Waals surface area contributed by atoms with Crippen LogP contribution in [0.3, 0.4) is 0 Å². The summed E-state index contributed by atoms with van der Waals surface area (Å²) >= 11 is 0. The van der Waals surface area contributed by atoms with E-state index in [1.54, 1.807) is 0 Å². The summed E-state index contributed by atoms with van der Waals surface area (Å²) in [6.45, 7) is 8.66. The van der Waals surface area contributed by atoms with Crippen LogP contribution in [0.1, 0.15) is 89.7 Å². The summed E-state index contributed by atoms with van der Waals surface area (Å²) in [7, 11) is 0. The number of unbranched alkanes of at least 4 members (excludes halogenated alkanes) is 2. The topological polar surface area (TPSA) is 125 Å². The summed E-state index contributed by atoms with van der Waals surface area (Å²) in [6.07, 6.45) is 2.96. The van der Waals surface area contributed by atoms with E-state index in [0.29, 0.717) is 56.4 Å². The van der Waals surface area contributed by atoms with Gasteiger partial charge in [0.1, 0.15) is 18.4 Å². The number of ketones is 1. The molecule has 0 fully saturated rings. The molecule has 2 aromatic rings. The Balaban J connectivity index is 1.26. The van der Waals surface area contributed by atoms with E-state index in [4.69, 9.17) is 9.73 Å². The van der Waals surface area contributed by atoms with Gasteiger partial charge in [0.05, 0.1) is 5.57 Å². The quantitative estimate of drug-likeness (QED) is 0.167. The van der Waals surface area contributed by atoms with Gasteiger partial charge in [0, 0.05) is 31.0 Å². The molecule has 8 heteroatoms. The highest BCUT2D eigenvalue weighted by Crippen LogP contribution is 2.44. The Bertz CT molecular complexity index is 1360. The number of hydrogen-bond acceptors (Lipinski definition) is 6. The number of nitrogens with zero attached hydrogens (tertiary/aromatic N) is 1. The SMILES string of the molecule is CC(C)CC(=NCCCCC[C@H](NC(=O)OCC1c2ccccc2-c2ccccc21)C(=O)O)C1=C(O)CC(C)(C)CC1=O. The molecule has 0 saturated carbocycles. The number of carboxylic acids is 1. The van der Waals surface area contributed by atoms with Crippen molar-refractivity contribution in [3.8, 4) is 11.1 Å². The summed E-state index contributed by atoms with van der Waals surface area (Å²) in [5, 5.41) is 22.9. The van der Waals surface area contributed by atoms with E-state index >= 15 is 0 Å². The minimum absolute atomic E-state index is 0.0586. The number of aliphatic carboxylic acids is 1. The molecule has 0 bridgehead atoms. The predicted octanol–water partition coefficient (Wildman–Crippen LogP) is 7.23. The number of ether oxygens (including phenoxy) is 1. The first-order valence-corrected chi connectivity index (χ1v) is 15.3. The largest absolute Gasteiger partial charge is 0.511 e. The van der Waals surface area contributed by atoms with E-state index in [0.717, 1.165) is 22.3 Å². The minimum atomic E-state index is -1.10. The second-order valence-electron chi connectivity index (χ2n) is 12.9. The fourth-order valence-electron chi connectivity index (χ4n) is 6.14. The maximum absolute atomic E-state index is 12.8. The Morgan fingerprint density at radius 1 is 1.00 bits per heavy atom. The van der Waals surface area contributed by atoms with Crippen molar-refractivity contribution >= 4 is 23.6 Å². The van der Waals surface area contributed by atoms with E-state index in [2.05, 4.69) is 31.3 Å². The third kappa shape index (κ3) is 8.12. The lowest BCUT2D eigenvalue weighted by atomic mass is 9.75. The van der Waals surface area contributed by atoms with E-state index in [1.807, 2.05) is 50.2 Å². The molecule has 1 amide bonds.